The SMILES string of the molecule is CC1CN(Cc2ccc(F)c(/C=C/C(=O)O)c2)CCC1O. The lowest BCUT2D eigenvalue weighted by molar-refractivity contribution is -0.131. The Labute approximate surface area is 123 Å². The maximum atomic E-state index is 13.6. The van der Waals surface area contributed by atoms with E-state index in [2.05, 4.69) is 4.90 Å². The number of aliphatic carboxylic acids is 1. The summed E-state index contributed by atoms with van der Waals surface area (Å²) in [4.78, 5) is 12.7. The van der Waals surface area contributed by atoms with E-state index in [1.54, 1.807) is 12.1 Å². The number of hydrogen-bond donors (Lipinski definition) is 2. The number of benzene rings is 1. The lowest BCUT2D eigenvalue weighted by Gasteiger charge is -2.34. The van der Waals surface area contributed by atoms with Crippen molar-refractivity contribution in [1.82, 2.24) is 4.90 Å². The molecule has 0 bridgehead atoms. The van der Waals surface area contributed by atoms with Gasteiger partial charge in [-0.05, 0) is 36.1 Å². The number of carboxylic acids is 1. The Morgan fingerprint density at radius 2 is 2.29 bits per heavy atom. The summed E-state index contributed by atoms with van der Waals surface area (Å²) in [6, 6.07) is 4.74. The number of halogens is 1. The molecular formula is C16H20FNO3. The van der Waals surface area contributed by atoms with Gasteiger partial charge in [0.1, 0.15) is 5.82 Å². The molecule has 2 atom stereocenters. The van der Waals surface area contributed by atoms with Gasteiger partial charge in [-0.25, -0.2) is 9.18 Å². The third-order valence-electron chi connectivity index (χ3n) is 3.82. The molecule has 1 aromatic carbocycles. The molecule has 0 radical (unpaired) electrons. The van der Waals surface area contributed by atoms with Gasteiger partial charge in [0, 0.05) is 31.3 Å². The van der Waals surface area contributed by atoms with Crippen LogP contribution >= 0.6 is 0 Å². The Kier molecular flexibility index (Phi) is 5.09. The molecule has 1 aliphatic heterocycles. The number of likely N-dealkylation sites (tertiary alicyclic amines) is 1. The zero-order valence-electron chi connectivity index (χ0n) is 12.0. The molecule has 21 heavy (non-hydrogen) atoms. The van der Waals surface area contributed by atoms with Crippen LogP contribution in [-0.4, -0.2) is 40.3 Å². The van der Waals surface area contributed by atoms with Gasteiger partial charge >= 0.3 is 5.97 Å². The molecule has 1 fully saturated rings. The molecule has 4 nitrogen and oxygen atoms in total. The third kappa shape index (κ3) is 4.37. The number of aliphatic hydroxyl groups is 1. The zero-order valence-corrected chi connectivity index (χ0v) is 12.0. The highest BCUT2D eigenvalue weighted by Crippen LogP contribution is 2.20. The lowest BCUT2D eigenvalue weighted by Crippen LogP contribution is -2.41. The number of nitrogens with zero attached hydrogens (tertiary/aromatic N) is 1. The summed E-state index contributed by atoms with van der Waals surface area (Å²) in [7, 11) is 0. The third-order valence-corrected chi connectivity index (χ3v) is 3.82. The van der Waals surface area contributed by atoms with Crippen LogP contribution in [0, 0.1) is 11.7 Å². The van der Waals surface area contributed by atoms with Gasteiger partial charge in [0.15, 0.2) is 0 Å². The number of aliphatic hydroxyl groups excluding tert-OH is 1. The molecule has 0 aliphatic carbocycles. The van der Waals surface area contributed by atoms with E-state index >= 15 is 0 Å². The first-order chi connectivity index (χ1) is 9.95. The van der Waals surface area contributed by atoms with Crippen molar-refractivity contribution >= 4 is 12.0 Å². The molecule has 1 heterocycles. The second-order valence-electron chi connectivity index (χ2n) is 5.60. The van der Waals surface area contributed by atoms with Crippen molar-refractivity contribution in [1.29, 1.82) is 0 Å². The van der Waals surface area contributed by atoms with Crippen molar-refractivity contribution in [3.05, 3.63) is 41.2 Å². The van der Waals surface area contributed by atoms with Gasteiger partial charge in [-0.1, -0.05) is 13.0 Å². The predicted molar refractivity (Wildman–Crippen MR) is 78.1 cm³/mol. The van der Waals surface area contributed by atoms with E-state index in [1.165, 1.54) is 12.1 Å². The maximum Gasteiger partial charge on any atom is 0.328 e. The molecule has 1 aliphatic rings. The fourth-order valence-corrected chi connectivity index (χ4v) is 2.60. The molecule has 0 aromatic heterocycles. The van der Waals surface area contributed by atoms with Gasteiger partial charge < -0.3 is 10.2 Å². The van der Waals surface area contributed by atoms with Crippen LogP contribution in [0.3, 0.4) is 0 Å². The molecule has 2 unspecified atom stereocenters. The van der Waals surface area contributed by atoms with Crippen molar-refractivity contribution < 1.29 is 19.4 Å². The molecule has 1 aromatic rings. The van der Waals surface area contributed by atoms with Gasteiger partial charge in [-0.15, -0.1) is 0 Å². The van der Waals surface area contributed by atoms with E-state index in [0.29, 0.717) is 6.54 Å². The van der Waals surface area contributed by atoms with Gasteiger partial charge in [0.25, 0.3) is 0 Å². The van der Waals surface area contributed by atoms with Crippen LogP contribution in [0.1, 0.15) is 24.5 Å². The second kappa shape index (κ2) is 6.83. The molecule has 0 saturated carbocycles. The molecule has 0 spiro atoms. The normalized spacial score (nSPS) is 23.6. The van der Waals surface area contributed by atoms with E-state index in [9.17, 15) is 14.3 Å². The first kappa shape index (κ1) is 15.7. The van der Waals surface area contributed by atoms with E-state index in [1.807, 2.05) is 6.92 Å². The molecular weight excluding hydrogens is 273 g/mol. The van der Waals surface area contributed by atoms with Crippen LogP contribution < -0.4 is 0 Å². The monoisotopic (exact) mass is 293 g/mol. The summed E-state index contributed by atoms with van der Waals surface area (Å²) in [6.07, 6.45) is 2.70. The lowest BCUT2D eigenvalue weighted by atomic mass is 9.96. The topological polar surface area (TPSA) is 60.8 Å². The highest BCUT2D eigenvalue weighted by molar-refractivity contribution is 5.85. The molecule has 2 rings (SSSR count). The summed E-state index contributed by atoms with van der Waals surface area (Å²) in [5, 5.41) is 18.3. The minimum atomic E-state index is -1.10. The average molecular weight is 293 g/mol. The molecule has 1 saturated heterocycles. The quantitative estimate of drug-likeness (QED) is 0.835. The van der Waals surface area contributed by atoms with Crippen molar-refractivity contribution in [3.63, 3.8) is 0 Å². The van der Waals surface area contributed by atoms with Crippen molar-refractivity contribution in [2.75, 3.05) is 13.1 Å². The number of hydrogen-bond acceptors (Lipinski definition) is 3. The van der Waals surface area contributed by atoms with E-state index in [4.69, 9.17) is 5.11 Å². The smallest absolute Gasteiger partial charge is 0.328 e. The standard InChI is InChI=1S/C16H20FNO3/c1-11-9-18(7-6-15(11)19)10-12-2-4-14(17)13(8-12)3-5-16(20)21/h2-5,8,11,15,19H,6-7,9-10H2,1H3,(H,20,21)/b5-3+. The fourth-order valence-electron chi connectivity index (χ4n) is 2.60. The highest BCUT2D eigenvalue weighted by atomic mass is 19.1. The van der Waals surface area contributed by atoms with Gasteiger partial charge in [0.05, 0.1) is 6.10 Å². The predicted octanol–water partition coefficient (Wildman–Crippen LogP) is 2.13. The number of rotatable bonds is 4. The maximum absolute atomic E-state index is 13.6. The Morgan fingerprint density at radius 1 is 1.52 bits per heavy atom. The summed E-state index contributed by atoms with van der Waals surface area (Å²) in [6.45, 7) is 4.30. The summed E-state index contributed by atoms with van der Waals surface area (Å²) < 4.78 is 13.6. The summed E-state index contributed by atoms with van der Waals surface area (Å²) in [5.74, 6) is -1.30. The number of carbonyl (C=O) groups is 1. The van der Waals surface area contributed by atoms with Crippen LogP contribution in [-0.2, 0) is 11.3 Å². The Hall–Kier alpha value is -1.72. The summed E-state index contributed by atoms with van der Waals surface area (Å²) in [5.41, 5.74) is 1.21. The summed E-state index contributed by atoms with van der Waals surface area (Å²) >= 11 is 0. The number of piperidine rings is 1. The van der Waals surface area contributed by atoms with Crippen LogP contribution in [0.4, 0.5) is 4.39 Å². The van der Waals surface area contributed by atoms with E-state index < -0.39 is 11.8 Å². The van der Waals surface area contributed by atoms with E-state index in [0.717, 1.165) is 31.1 Å². The van der Waals surface area contributed by atoms with Crippen LogP contribution in [0.5, 0.6) is 0 Å². The Morgan fingerprint density at radius 3 is 2.95 bits per heavy atom. The largest absolute Gasteiger partial charge is 0.478 e. The highest BCUT2D eigenvalue weighted by Gasteiger charge is 2.24. The van der Waals surface area contributed by atoms with Gasteiger partial charge in [0.2, 0.25) is 0 Å². The van der Waals surface area contributed by atoms with Crippen LogP contribution in [0.25, 0.3) is 6.08 Å². The van der Waals surface area contributed by atoms with E-state index in [-0.39, 0.29) is 17.6 Å². The van der Waals surface area contributed by atoms with Crippen LogP contribution in [0.15, 0.2) is 24.3 Å². The fraction of sp³-hybridized carbons (Fsp3) is 0.438. The first-order valence-corrected chi connectivity index (χ1v) is 7.05. The Balaban J connectivity index is 2.07. The number of carboxylic acid groups (broad SMARTS) is 1. The average Bonchev–Trinajstić information content (AvgIpc) is 2.43. The molecule has 5 heteroatoms. The van der Waals surface area contributed by atoms with Crippen molar-refractivity contribution in [3.8, 4) is 0 Å². The van der Waals surface area contributed by atoms with Crippen molar-refractivity contribution in [2.45, 2.75) is 26.0 Å². The second-order valence-corrected chi connectivity index (χ2v) is 5.60. The van der Waals surface area contributed by atoms with Crippen LogP contribution in [0.2, 0.25) is 0 Å². The molecule has 2 N–H and O–H groups in total. The first-order valence-electron chi connectivity index (χ1n) is 7.05. The minimum Gasteiger partial charge on any atom is -0.478 e. The molecule has 0 amide bonds. The van der Waals surface area contributed by atoms with Gasteiger partial charge in [-0.3, -0.25) is 4.90 Å². The Bertz CT molecular complexity index is 544. The molecule has 114 valence electrons. The van der Waals surface area contributed by atoms with Gasteiger partial charge in [-0.2, -0.15) is 0 Å². The van der Waals surface area contributed by atoms with Crippen molar-refractivity contribution in [2.24, 2.45) is 5.92 Å². The minimum absolute atomic E-state index is 0.227. The zero-order chi connectivity index (χ0) is 15.4.